The SMILES string of the molecule is O=C(O)CC[C@H](NC(=O)Oc1ccc(N(CCBr)CCBr)c(F)c1)C(=O)O. The van der Waals surface area contributed by atoms with Crippen LogP contribution in [0.15, 0.2) is 18.2 Å². The Hall–Kier alpha value is -1.88. The number of carboxylic acid groups (broad SMARTS) is 2. The van der Waals surface area contributed by atoms with Crippen LogP contribution < -0.4 is 15.0 Å². The van der Waals surface area contributed by atoms with E-state index in [2.05, 4.69) is 31.9 Å². The summed E-state index contributed by atoms with van der Waals surface area (Å²) >= 11 is 6.61. The Morgan fingerprint density at radius 3 is 2.30 bits per heavy atom. The zero-order valence-electron chi connectivity index (χ0n) is 14.2. The molecule has 1 rings (SSSR count). The predicted octanol–water partition coefficient (Wildman–Crippen LogP) is 2.83. The number of alkyl halides is 2. The Bertz CT molecular complexity index is 670. The van der Waals surface area contributed by atoms with Crippen LogP contribution in [0.25, 0.3) is 0 Å². The van der Waals surface area contributed by atoms with Crippen LogP contribution in [0.2, 0.25) is 0 Å². The van der Waals surface area contributed by atoms with E-state index in [-0.39, 0.29) is 12.2 Å². The lowest BCUT2D eigenvalue weighted by atomic mass is 10.1. The van der Waals surface area contributed by atoms with Crippen molar-refractivity contribution < 1.29 is 33.7 Å². The number of nitrogens with zero attached hydrogens (tertiary/aromatic N) is 1. The molecular weight excluding hydrogens is 495 g/mol. The highest BCUT2D eigenvalue weighted by Gasteiger charge is 2.22. The third-order valence-corrected chi connectivity index (χ3v) is 4.13. The molecule has 0 fully saturated rings. The number of nitrogens with one attached hydrogen (secondary N) is 1. The lowest BCUT2D eigenvalue weighted by molar-refractivity contribution is -0.140. The van der Waals surface area contributed by atoms with Gasteiger partial charge in [0.2, 0.25) is 0 Å². The minimum Gasteiger partial charge on any atom is -0.481 e. The van der Waals surface area contributed by atoms with Crippen LogP contribution in [0.5, 0.6) is 5.75 Å². The molecule has 1 atom stereocenters. The third kappa shape index (κ3) is 8.12. The second-order valence-electron chi connectivity index (χ2n) is 5.34. The zero-order chi connectivity index (χ0) is 20.4. The average molecular weight is 514 g/mol. The van der Waals surface area contributed by atoms with Gasteiger partial charge >= 0.3 is 18.0 Å². The topological polar surface area (TPSA) is 116 Å². The van der Waals surface area contributed by atoms with Gasteiger partial charge in [0, 0.05) is 36.2 Å². The Balaban J connectivity index is 2.77. The minimum atomic E-state index is -1.42. The fourth-order valence-electron chi connectivity index (χ4n) is 2.17. The highest BCUT2D eigenvalue weighted by molar-refractivity contribution is 9.09. The van der Waals surface area contributed by atoms with Gasteiger partial charge in [-0.25, -0.2) is 14.0 Å². The molecule has 1 amide bonds. The van der Waals surface area contributed by atoms with E-state index in [0.29, 0.717) is 29.4 Å². The van der Waals surface area contributed by atoms with Gasteiger partial charge in [-0.15, -0.1) is 0 Å². The summed E-state index contributed by atoms with van der Waals surface area (Å²) in [6.07, 6.45) is -1.85. The smallest absolute Gasteiger partial charge is 0.413 e. The van der Waals surface area contributed by atoms with E-state index in [0.717, 1.165) is 6.07 Å². The van der Waals surface area contributed by atoms with Gasteiger partial charge in [-0.3, -0.25) is 4.79 Å². The first-order valence-electron chi connectivity index (χ1n) is 7.87. The molecule has 1 aromatic carbocycles. The first-order valence-corrected chi connectivity index (χ1v) is 10.1. The van der Waals surface area contributed by atoms with Crippen molar-refractivity contribution in [3.63, 3.8) is 0 Å². The van der Waals surface area contributed by atoms with Crippen LogP contribution in [-0.4, -0.2) is 58.0 Å². The number of anilines is 1. The van der Waals surface area contributed by atoms with Crippen LogP contribution in [0, 0.1) is 5.82 Å². The van der Waals surface area contributed by atoms with Crippen LogP contribution >= 0.6 is 31.9 Å². The first-order chi connectivity index (χ1) is 12.8. The number of ether oxygens (including phenoxy) is 1. The van der Waals surface area contributed by atoms with Crippen LogP contribution in [0.1, 0.15) is 12.8 Å². The largest absolute Gasteiger partial charge is 0.481 e. The second kappa shape index (κ2) is 11.8. The molecule has 0 heterocycles. The number of hydrogen-bond donors (Lipinski definition) is 3. The molecule has 0 saturated carbocycles. The van der Waals surface area contributed by atoms with Crippen molar-refractivity contribution in [2.45, 2.75) is 18.9 Å². The Labute approximate surface area is 171 Å². The first kappa shape index (κ1) is 23.2. The molecule has 11 heteroatoms. The van der Waals surface area contributed by atoms with Crippen molar-refractivity contribution in [2.24, 2.45) is 0 Å². The van der Waals surface area contributed by atoms with Gasteiger partial charge in [0.15, 0.2) is 0 Å². The summed E-state index contributed by atoms with van der Waals surface area (Å²) in [6.45, 7) is 1.15. The maximum absolute atomic E-state index is 14.4. The molecular formula is C16H19Br2FN2O6. The van der Waals surface area contributed by atoms with E-state index in [9.17, 15) is 18.8 Å². The normalized spacial score (nSPS) is 11.5. The number of rotatable bonds is 11. The Morgan fingerprint density at radius 2 is 1.81 bits per heavy atom. The van der Waals surface area contributed by atoms with E-state index < -0.39 is 36.3 Å². The van der Waals surface area contributed by atoms with Gasteiger partial charge in [-0.2, -0.15) is 0 Å². The van der Waals surface area contributed by atoms with Crippen LogP contribution in [0.3, 0.4) is 0 Å². The molecule has 0 aliphatic rings. The standard InChI is InChI=1S/C16H19Br2FN2O6/c17-5-7-21(8-6-18)13-3-1-10(9-11(13)19)27-16(26)20-12(15(24)25)2-4-14(22)23/h1,3,9,12H,2,4-8H2,(H,20,26)(H,22,23)(H,24,25)/t12-/m0/s1. The minimum absolute atomic E-state index is 0.103. The van der Waals surface area contributed by atoms with E-state index >= 15 is 0 Å². The van der Waals surface area contributed by atoms with Crippen LogP contribution in [0.4, 0.5) is 14.9 Å². The fraction of sp³-hybridized carbons (Fsp3) is 0.438. The molecule has 27 heavy (non-hydrogen) atoms. The summed E-state index contributed by atoms with van der Waals surface area (Å²) in [7, 11) is 0. The molecule has 0 spiro atoms. The Kier molecular flexibility index (Phi) is 10.1. The summed E-state index contributed by atoms with van der Waals surface area (Å²) in [4.78, 5) is 35.2. The Morgan fingerprint density at radius 1 is 1.19 bits per heavy atom. The maximum Gasteiger partial charge on any atom is 0.413 e. The summed E-state index contributed by atoms with van der Waals surface area (Å²) in [5, 5.41) is 21.0. The third-order valence-electron chi connectivity index (χ3n) is 3.42. The predicted molar refractivity (Wildman–Crippen MR) is 104 cm³/mol. The number of carbonyl (C=O) groups is 3. The molecule has 0 aromatic heterocycles. The van der Waals surface area contributed by atoms with Gasteiger partial charge in [-0.1, -0.05) is 31.9 Å². The molecule has 0 aliphatic carbocycles. The van der Waals surface area contributed by atoms with Crippen molar-refractivity contribution in [3.8, 4) is 5.75 Å². The van der Waals surface area contributed by atoms with E-state index in [1.54, 1.807) is 4.90 Å². The monoisotopic (exact) mass is 512 g/mol. The second-order valence-corrected chi connectivity index (χ2v) is 6.92. The van der Waals surface area contributed by atoms with Gasteiger partial charge in [0.25, 0.3) is 0 Å². The van der Waals surface area contributed by atoms with Gasteiger partial charge < -0.3 is 25.2 Å². The number of hydrogen-bond acceptors (Lipinski definition) is 5. The highest BCUT2D eigenvalue weighted by Crippen LogP contribution is 2.24. The molecule has 150 valence electrons. The molecule has 0 radical (unpaired) electrons. The van der Waals surface area contributed by atoms with E-state index in [4.69, 9.17) is 14.9 Å². The number of amides is 1. The van der Waals surface area contributed by atoms with Crippen molar-refractivity contribution in [1.29, 1.82) is 0 Å². The van der Waals surface area contributed by atoms with Gasteiger partial charge in [0.05, 0.1) is 5.69 Å². The highest BCUT2D eigenvalue weighted by atomic mass is 79.9. The molecule has 1 aromatic rings. The lowest BCUT2D eigenvalue weighted by Crippen LogP contribution is -2.42. The van der Waals surface area contributed by atoms with Gasteiger partial charge in [-0.05, 0) is 18.6 Å². The quantitative estimate of drug-likeness (QED) is 0.389. The van der Waals surface area contributed by atoms with E-state index in [1.165, 1.54) is 12.1 Å². The fourth-order valence-corrected chi connectivity index (χ4v) is 3.02. The average Bonchev–Trinajstić information content (AvgIpc) is 2.58. The van der Waals surface area contributed by atoms with E-state index in [1.807, 2.05) is 5.32 Å². The van der Waals surface area contributed by atoms with Crippen molar-refractivity contribution >= 4 is 55.6 Å². The summed E-state index contributed by atoms with van der Waals surface area (Å²) in [5.74, 6) is -3.28. The molecule has 0 bridgehead atoms. The molecule has 0 aliphatic heterocycles. The number of halogens is 3. The summed E-state index contributed by atoms with van der Waals surface area (Å²) in [6, 6.07) is 2.45. The number of carboxylic acids is 2. The summed E-state index contributed by atoms with van der Waals surface area (Å²) in [5.41, 5.74) is 0.339. The molecule has 3 N–H and O–H groups in total. The molecule has 8 nitrogen and oxygen atoms in total. The van der Waals surface area contributed by atoms with Crippen molar-refractivity contribution in [3.05, 3.63) is 24.0 Å². The maximum atomic E-state index is 14.4. The molecule has 0 unspecified atom stereocenters. The number of aliphatic carboxylic acids is 2. The number of carbonyl (C=O) groups excluding carboxylic acids is 1. The summed E-state index contributed by atoms with van der Waals surface area (Å²) < 4.78 is 19.3. The van der Waals surface area contributed by atoms with Crippen molar-refractivity contribution in [1.82, 2.24) is 5.32 Å². The van der Waals surface area contributed by atoms with Crippen LogP contribution in [-0.2, 0) is 9.59 Å². The molecule has 0 saturated heterocycles. The van der Waals surface area contributed by atoms with Crippen molar-refractivity contribution in [2.75, 3.05) is 28.6 Å². The number of benzene rings is 1. The zero-order valence-corrected chi connectivity index (χ0v) is 17.3. The van der Waals surface area contributed by atoms with Gasteiger partial charge in [0.1, 0.15) is 17.6 Å². The lowest BCUT2D eigenvalue weighted by Gasteiger charge is -2.23.